The summed E-state index contributed by atoms with van der Waals surface area (Å²) in [6.07, 6.45) is 0. The normalized spacial score (nSPS) is 9.81. The van der Waals surface area contributed by atoms with E-state index in [0.29, 0.717) is 41.3 Å². The van der Waals surface area contributed by atoms with E-state index in [1.165, 1.54) is 0 Å². The number of hydrogen-bond acceptors (Lipinski definition) is 4. The number of halogens is 1. The number of amides is 2. The number of nitrogens with one attached hydrogen (secondary N) is 1. The molecule has 0 spiro atoms. The number of rotatable bonds is 6. The molecule has 0 aromatic heterocycles. The lowest BCUT2D eigenvalue weighted by Crippen LogP contribution is -2.30. The highest BCUT2D eigenvalue weighted by Crippen LogP contribution is 2.25. The Morgan fingerprint density at radius 2 is 1.62 bits per heavy atom. The molecule has 0 unspecified atom stereocenters. The molecule has 3 N–H and O–H groups in total. The molecule has 140 valence electrons. The minimum absolute atomic E-state index is 0. The van der Waals surface area contributed by atoms with Crippen LogP contribution in [0.5, 0.6) is 5.75 Å². The van der Waals surface area contributed by atoms with Gasteiger partial charge in [0.1, 0.15) is 5.75 Å². The highest BCUT2D eigenvalue weighted by Gasteiger charge is 2.14. The van der Waals surface area contributed by atoms with E-state index in [1.807, 2.05) is 13.8 Å². The monoisotopic (exact) mass is 377 g/mol. The maximum atomic E-state index is 12.4. The lowest BCUT2D eigenvalue weighted by molar-refractivity contribution is 0.0772. The summed E-state index contributed by atoms with van der Waals surface area (Å²) in [5.41, 5.74) is 7.80. The Balaban J connectivity index is 0.00000338. The summed E-state index contributed by atoms with van der Waals surface area (Å²) in [4.78, 5) is 26.4. The Kier molecular flexibility index (Phi) is 7.93. The van der Waals surface area contributed by atoms with Gasteiger partial charge in [0.2, 0.25) is 0 Å². The first-order valence-corrected chi connectivity index (χ1v) is 8.14. The molecule has 26 heavy (non-hydrogen) atoms. The van der Waals surface area contributed by atoms with Crippen LogP contribution in [0.4, 0.5) is 11.4 Å². The fraction of sp³-hybridized carbons (Fsp3) is 0.263. The van der Waals surface area contributed by atoms with Crippen LogP contribution in [0.3, 0.4) is 0 Å². The second kappa shape index (κ2) is 9.68. The molecule has 0 bridgehead atoms. The molecule has 0 saturated heterocycles. The van der Waals surface area contributed by atoms with Crippen LogP contribution >= 0.6 is 12.4 Å². The molecule has 0 saturated carbocycles. The first-order chi connectivity index (χ1) is 12.0. The average molecular weight is 378 g/mol. The molecule has 0 aliphatic heterocycles. The standard InChI is InChI=1S/C19H23N3O3.ClH/c1-4-22(5-2)19(24)14-8-6-13(7-9-14)18(23)21-17-12-15(25-3)10-11-16(17)20;/h6-12H,4-5,20H2,1-3H3,(H,21,23);1H. The molecule has 0 heterocycles. The van der Waals surface area contributed by atoms with Crippen molar-refractivity contribution in [2.75, 3.05) is 31.2 Å². The zero-order valence-corrected chi connectivity index (χ0v) is 15.9. The van der Waals surface area contributed by atoms with E-state index in [0.717, 1.165) is 0 Å². The second-order valence-electron chi connectivity index (χ2n) is 5.46. The number of ether oxygens (including phenoxy) is 1. The third-order valence-corrected chi connectivity index (χ3v) is 3.95. The van der Waals surface area contributed by atoms with Crippen LogP contribution in [0.15, 0.2) is 42.5 Å². The summed E-state index contributed by atoms with van der Waals surface area (Å²) in [6.45, 7) is 5.16. The van der Waals surface area contributed by atoms with Crippen LogP contribution in [0, 0.1) is 0 Å². The zero-order valence-electron chi connectivity index (χ0n) is 15.1. The van der Waals surface area contributed by atoms with Crippen molar-refractivity contribution < 1.29 is 14.3 Å². The van der Waals surface area contributed by atoms with Crippen LogP contribution in [0.1, 0.15) is 34.6 Å². The minimum Gasteiger partial charge on any atom is -0.497 e. The number of hydrogen-bond donors (Lipinski definition) is 2. The fourth-order valence-corrected chi connectivity index (χ4v) is 2.42. The smallest absolute Gasteiger partial charge is 0.255 e. The zero-order chi connectivity index (χ0) is 18.4. The van der Waals surface area contributed by atoms with Crippen LogP contribution in [-0.4, -0.2) is 36.9 Å². The Hall–Kier alpha value is -2.73. The molecular weight excluding hydrogens is 354 g/mol. The van der Waals surface area contributed by atoms with Gasteiger partial charge in [0.05, 0.1) is 18.5 Å². The van der Waals surface area contributed by atoms with Gasteiger partial charge < -0.3 is 20.7 Å². The molecule has 0 aliphatic rings. The van der Waals surface area contributed by atoms with Gasteiger partial charge in [-0.1, -0.05) is 0 Å². The molecule has 2 rings (SSSR count). The second-order valence-corrected chi connectivity index (χ2v) is 5.46. The van der Waals surface area contributed by atoms with Crippen molar-refractivity contribution in [2.45, 2.75) is 13.8 Å². The molecule has 0 atom stereocenters. The van der Waals surface area contributed by atoms with Crippen LogP contribution in [-0.2, 0) is 0 Å². The first kappa shape index (κ1) is 21.3. The molecule has 7 heteroatoms. The predicted molar refractivity (Wildman–Crippen MR) is 106 cm³/mol. The quantitative estimate of drug-likeness (QED) is 0.755. The molecular formula is C19H24ClN3O3. The predicted octanol–water partition coefficient (Wildman–Crippen LogP) is 3.43. The van der Waals surface area contributed by atoms with Crippen molar-refractivity contribution in [3.05, 3.63) is 53.6 Å². The van der Waals surface area contributed by atoms with Gasteiger partial charge >= 0.3 is 0 Å². The first-order valence-electron chi connectivity index (χ1n) is 8.14. The molecule has 2 aromatic carbocycles. The minimum atomic E-state index is -0.304. The molecule has 6 nitrogen and oxygen atoms in total. The van der Waals surface area contributed by atoms with Crippen molar-refractivity contribution in [1.29, 1.82) is 0 Å². The molecule has 0 aliphatic carbocycles. The SMILES string of the molecule is CCN(CC)C(=O)c1ccc(C(=O)Nc2cc(OC)ccc2N)cc1.Cl. The Bertz CT molecular complexity index is 759. The van der Waals surface area contributed by atoms with Crippen LogP contribution in [0.25, 0.3) is 0 Å². The third-order valence-electron chi connectivity index (χ3n) is 3.95. The van der Waals surface area contributed by atoms with E-state index in [4.69, 9.17) is 10.5 Å². The van der Waals surface area contributed by atoms with Gasteiger partial charge in [0, 0.05) is 30.3 Å². The Labute approximate surface area is 159 Å². The van der Waals surface area contributed by atoms with Gasteiger partial charge in [-0.05, 0) is 50.2 Å². The molecule has 2 aromatic rings. The van der Waals surface area contributed by atoms with Crippen LogP contribution in [0.2, 0.25) is 0 Å². The summed E-state index contributed by atoms with van der Waals surface area (Å²) in [5.74, 6) is 0.250. The van der Waals surface area contributed by atoms with Gasteiger partial charge in [0.15, 0.2) is 0 Å². The van der Waals surface area contributed by atoms with E-state index >= 15 is 0 Å². The summed E-state index contributed by atoms with van der Waals surface area (Å²) in [6, 6.07) is 11.6. The van der Waals surface area contributed by atoms with Gasteiger partial charge in [0.25, 0.3) is 11.8 Å². The number of carbonyl (C=O) groups is 2. The van der Waals surface area contributed by atoms with E-state index in [2.05, 4.69) is 5.32 Å². The van der Waals surface area contributed by atoms with E-state index in [-0.39, 0.29) is 24.2 Å². The van der Waals surface area contributed by atoms with Crippen molar-refractivity contribution >= 4 is 35.6 Å². The van der Waals surface area contributed by atoms with E-state index in [1.54, 1.807) is 54.5 Å². The van der Waals surface area contributed by atoms with E-state index < -0.39 is 0 Å². The largest absolute Gasteiger partial charge is 0.497 e. The van der Waals surface area contributed by atoms with Gasteiger partial charge in [-0.3, -0.25) is 9.59 Å². The van der Waals surface area contributed by atoms with Crippen molar-refractivity contribution in [1.82, 2.24) is 4.90 Å². The Morgan fingerprint density at radius 3 is 2.15 bits per heavy atom. The highest BCUT2D eigenvalue weighted by molar-refractivity contribution is 6.06. The topological polar surface area (TPSA) is 84.7 Å². The number of nitrogens with two attached hydrogens (primary N) is 1. The molecule has 0 fully saturated rings. The number of nitrogen functional groups attached to an aromatic ring is 1. The number of benzene rings is 2. The van der Waals surface area contributed by atoms with Crippen molar-refractivity contribution in [2.24, 2.45) is 0 Å². The van der Waals surface area contributed by atoms with Gasteiger partial charge in [-0.25, -0.2) is 0 Å². The van der Waals surface area contributed by atoms with Crippen molar-refractivity contribution in [3.63, 3.8) is 0 Å². The van der Waals surface area contributed by atoms with E-state index in [9.17, 15) is 9.59 Å². The summed E-state index contributed by atoms with van der Waals surface area (Å²) >= 11 is 0. The van der Waals surface area contributed by atoms with Gasteiger partial charge in [-0.15, -0.1) is 12.4 Å². The van der Waals surface area contributed by atoms with Crippen molar-refractivity contribution in [3.8, 4) is 5.75 Å². The Morgan fingerprint density at radius 1 is 1.04 bits per heavy atom. The van der Waals surface area contributed by atoms with Crippen LogP contribution < -0.4 is 15.8 Å². The maximum absolute atomic E-state index is 12.4. The number of carbonyl (C=O) groups excluding carboxylic acids is 2. The number of anilines is 2. The lowest BCUT2D eigenvalue weighted by atomic mass is 10.1. The summed E-state index contributed by atoms with van der Waals surface area (Å²) < 4.78 is 5.13. The number of nitrogens with zero attached hydrogens (tertiary/aromatic N) is 1. The maximum Gasteiger partial charge on any atom is 0.255 e. The third kappa shape index (κ3) is 4.89. The number of methoxy groups -OCH3 is 1. The molecule has 0 radical (unpaired) electrons. The van der Waals surface area contributed by atoms with Gasteiger partial charge in [-0.2, -0.15) is 0 Å². The summed E-state index contributed by atoms with van der Waals surface area (Å²) in [7, 11) is 1.54. The lowest BCUT2D eigenvalue weighted by Gasteiger charge is -2.18. The average Bonchev–Trinajstić information content (AvgIpc) is 2.64. The molecule has 2 amide bonds. The summed E-state index contributed by atoms with van der Waals surface area (Å²) in [5, 5.41) is 2.76. The highest BCUT2D eigenvalue weighted by atomic mass is 35.5. The fourth-order valence-electron chi connectivity index (χ4n) is 2.42.